The second-order valence-electron chi connectivity index (χ2n) is 3.50. The van der Waals surface area contributed by atoms with Crippen molar-refractivity contribution in [1.82, 2.24) is 0 Å². The van der Waals surface area contributed by atoms with Gasteiger partial charge in [0.25, 0.3) is 10.1 Å². The molecule has 0 rings (SSSR count). The molecule has 2 N–H and O–H groups in total. The molecule has 0 heterocycles. The third-order valence-electron chi connectivity index (χ3n) is 2.27. The molecule has 1 atom stereocenters. The van der Waals surface area contributed by atoms with Crippen LogP contribution in [0.25, 0.3) is 0 Å². The summed E-state index contributed by atoms with van der Waals surface area (Å²) in [5.74, 6) is 0. The van der Waals surface area contributed by atoms with Crippen LogP contribution in [-0.4, -0.2) is 29.4 Å². The Morgan fingerprint density at radius 2 is 1.85 bits per heavy atom. The lowest BCUT2D eigenvalue weighted by Gasteiger charge is -2.25. The van der Waals surface area contributed by atoms with Gasteiger partial charge in [-0.2, -0.15) is 8.42 Å². The molecule has 4 nitrogen and oxygen atoms in total. The van der Waals surface area contributed by atoms with Gasteiger partial charge in [-0.05, 0) is 26.2 Å². The van der Waals surface area contributed by atoms with Crippen molar-refractivity contribution < 1.29 is 18.1 Å². The van der Waals surface area contributed by atoms with Crippen molar-refractivity contribution in [3.63, 3.8) is 0 Å². The highest BCUT2D eigenvalue weighted by Crippen LogP contribution is 2.27. The monoisotopic (exact) mass is 210 g/mol. The maximum Gasteiger partial charge on any atom is 0.270 e. The molecule has 1 unspecified atom stereocenters. The zero-order chi connectivity index (χ0) is 10.5. The van der Waals surface area contributed by atoms with Crippen molar-refractivity contribution in [3.05, 3.63) is 0 Å². The van der Waals surface area contributed by atoms with E-state index in [1.54, 1.807) is 0 Å². The summed E-state index contributed by atoms with van der Waals surface area (Å²) in [5, 5.41) is 8.59. The minimum Gasteiger partial charge on any atom is -0.396 e. The highest BCUT2D eigenvalue weighted by atomic mass is 32.2. The van der Waals surface area contributed by atoms with Crippen molar-refractivity contribution in [3.8, 4) is 0 Å². The molecule has 0 aromatic carbocycles. The summed E-state index contributed by atoms with van der Waals surface area (Å²) >= 11 is 0. The Kier molecular flexibility index (Phi) is 4.88. The zero-order valence-electron chi connectivity index (χ0n) is 8.15. The SMILES string of the molecule is CCCC(C)(CCCO)S(=O)(=O)O. The van der Waals surface area contributed by atoms with Crippen LogP contribution in [-0.2, 0) is 10.1 Å². The largest absolute Gasteiger partial charge is 0.396 e. The first-order valence-corrected chi connectivity index (χ1v) is 5.89. The highest BCUT2D eigenvalue weighted by molar-refractivity contribution is 7.87. The van der Waals surface area contributed by atoms with Crippen molar-refractivity contribution in [1.29, 1.82) is 0 Å². The lowest BCUT2D eigenvalue weighted by Crippen LogP contribution is -2.35. The fraction of sp³-hybridized carbons (Fsp3) is 1.00. The van der Waals surface area contributed by atoms with Gasteiger partial charge in [0.1, 0.15) is 0 Å². The van der Waals surface area contributed by atoms with Gasteiger partial charge < -0.3 is 5.11 Å². The average Bonchev–Trinajstić information content (AvgIpc) is 1.99. The fourth-order valence-corrected chi connectivity index (χ4v) is 2.23. The Hall–Kier alpha value is -0.130. The van der Waals surface area contributed by atoms with E-state index in [2.05, 4.69) is 0 Å². The summed E-state index contributed by atoms with van der Waals surface area (Å²) in [6.07, 6.45) is 1.82. The zero-order valence-corrected chi connectivity index (χ0v) is 8.97. The van der Waals surface area contributed by atoms with Crippen LogP contribution in [0.2, 0.25) is 0 Å². The van der Waals surface area contributed by atoms with Gasteiger partial charge in [0.05, 0.1) is 4.75 Å². The topological polar surface area (TPSA) is 74.6 Å². The predicted octanol–water partition coefficient (Wildman–Crippen LogP) is 1.21. The average molecular weight is 210 g/mol. The van der Waals surface area contributed by atoms with Gasteiger partial charge in [0, 0.05) is 6.61 Å². The van der Waals surface area contributed by atoms with Crippen LogP contribution in [0.5, 0.6) is 0 Å². The Bertz CT molecular complexity index is 235. The van der Waals surface area contributed by atoms with Gasteiger partial charge in [0.15, 0.2) is 0 Å². The predicted molar refractivity (Wildman–Crippen MR) is 51.2 cm³/mol. The fourth-order valence-electron chi connectivity index (χ4n) is 1.36. The second-order valence-corrected chi connectivity index (χ2v) is 5.44. The van der Waals surface area contributed by atoms with Gasteiger partial charge in [0.2, 0.25) is 0 Å². The maximum absolute atomic E-state index is 11.0. The number of hydrogen-bond acceptors (Lipinski definition) is 3. The minimum absolute atomic E-state index is 0.0468. The normalized spacial score (nSPS) is 16.9. The Morgan fingerprint density at radius 1 is 1.31 bits per heavy atom. The standard InChI is InChI=1S/C8H18O4S/c1-3-5-8(2,6-4-7-9)13(10,11)12/h9H,3-7H2,1-2H3,(H,10,11,12). The van der Waals surface area contributed by atoms with Crippen LogP contribution in [0.1, 0.15) is 39.5 Å². The van der Waals surface area contributed by atoms with Gasteiger partial charge in [-0.25, -0.2) is 0 Å². The molecule has 0 spiro atoms. The lowest BCUT2D eigenvalue weighted by molar-refractivity contribution is 0.271. The first kappa shape index (κ1) is 12.9. The van der Waals surface area contributed by atoms with Crippen LogP contribution < -0.4 is 0 Å². The summed E-state index contributed by atoms with van der Waals surface area (Å²) in [6.45, 7) is 3.33. The molecular formula is C8H18O4S. The van der Waals surface area contributed by atoms with Gasteiger partial charge in [-0.15, -0.1) is 0 Å². The van der Waals surface area contributed by atoms with E-state index in [0.717, 1.165) is 0 Å². The number of hydrogen-bond donors (Lipinski definition) is 2. The van der Waals surface area contributed by atoms with E-state index in [4.69, 9.17) is 9.66 Å². The molecule has 0 radical (unpaired) electrons. The summed E-state index contributed by atoms with van der Waals surface area (Å²) in [6, 6.07) is 0. The molecule has 0 saturated heterocycles. The Morgan fingerprint density at radius 3 is 2.15 bits per heavy atom. The molecule has 0 aromatic rings. The van der Waals surface area contributed by atoms with E-state index in [-0.39, 0.29) is 6.61 Å². The number of aliphatic hydroxyl groups excluding tert-OH is 1. The van der Waals surface area contributed by atoms with Crippen molar-refractivity contribution in [2.75, 3.05) is 6.61 Å². The summed E-state index contributed by atoms with van der Waals surface area (Å²) in [5.41, 5.74) is 0. The molecular weight excluding hydrogens is 192 g/mol. The Balaban J connectivity index is 4.53. The van der Waals surface area contributed by atoms with Crippen LogP contribution in [0, 0.1) is 0 Å². The van der Waals surface area contributed by atoms with E-state index in [1.807, 2.05) is 6.92 Å². The smallest absolute Gasteiger partial charge is 0.270 e. The summed E-state index contributed by atoms with van der Waals surface area (Å²) in [4.78, 5) is 0. The minimum atomic E-state index is -4.01. The molecule has 13 heavy (non-hydrogen) atoms. The van der Waals surface area contributed by atoms with Crippen LogP contribution in [0.4, 0.5) is 0 Å². The van der Waals surface area contributed by atoms with Gasteiger partial charge in [-0.1, -0.05) is 13.3 Å². The van der Waals surface area contributed by atoms with Crippen molar-refractivity contribution >= 4 is 10.1 Å². The van der Waals surface area contributed by atoms with E-state index >= 15 is 0 Å². The molecule has 0 aliphatic rings. The number of aliphatic hydroxyl groups is 1. The highest BCUT2D eigenvalue weighted by Gasteiger charge is 2.36. The maximum atomic E-state index is 11.0. The van der Waals surface area contributed by atoms with Gasteiger partial charge in [-0.3, -0.25) is 4.55 Å². The van der Waals surface area contributed by atoms with Crippen LogP contribution in [0.15, 0.2) is 0 Å². The molecule has 80 valence electrons. The first-order valence-electron chi connectivity index (χ1n) is 4.45. The van der Waals surface area contributed by atoms with Crippen LogP contribution in [0.3, 0.4) is 0 Å². The van der Waals surface area contributed by atoms with E-state index in [1.165, 1.54) is 6.92 Å². The third-order valence-corrected chi connectivity index (χ3v) is 3.92. The van der Waals surface area contributed by atoms with Gasteiger partial charge >= 0.3 is 0 Å². The molecule has 5 heteroatoms. The molecule has 0 aliphatic carbocycles. The lowest BCUT2D eigenvalue weighted by atomic mass is 9.99. The van der Waals surface area contributed by atoms with E-state index in [9.17, 15) is 8.42 Å². The van der Waals surface area contributed by atoms with Crippen LogP contribution >= 0.6 is 0 Å². The number of rotatable bonds is 6. The summed E-state index contributed by atoms with van der Waals surface area (Å²) < 4.78 is 29.9. The molecule has 0 aliphatic heterocycles. The third kappa shape index (κ3) is 3.62. The summed E-state index contributed by atoms with van der Waals surface area (Å²) in [7, 11) is -4.01. The second kappa shape index (κ2) is 4.93. The molecule has 0 fully saturated rings. The first-order chi connectivity index (χ1) is 5.87. The molecule has 0 aromatic heterocycles. The molecule has 0 saturated carbocycles. The molecule has 0 amide bonds. The van der Waals surface area contributed by atoms with Crippen molar-refractivity contribution in [2.24, 2.45) is 0 Å². The quantitative estimate of drug-likeness (QED) is 0.646. The molecule has 0 bridgehead atoms. The van der Waals surface area contributed by atoms with Crippen molar-refractivity contribution in [2.45, 2.75) is 44.3 Å². The van der Waals surface area contributed by atoms with E-state index in [0.29, 0.717) is 25.7 Å². The Labute approximate surface area is 79.7 Å². The van der Waals surface area contributed by atoms with E-state index < -0.39 is 14.9 Å².